The molecule has 1 N–H and O–H groups in total. The molecule has 0 aliphatic carbocycles. The van der Waals surface area contributed by atoms with Crippen LogP contribution in [-0.4, -0.2) is 15.0 Å². The van der Waals surface area contributed by atoms with Gasteiger partial charge in [-0.25, -0.2) is 4.98 Å². The normalized spacial score (nSPS) is 11.3. The number of benzene rings is 1. The van der Waals surface area contributed by atoms with Gasteiger partial charge in [0.2, 0.25) is 0 Å². The number of aromatic nitrogens is 3. The molecule has 0 fully saturated rings. The molecule has 0 saturated carbocycles. The fourth-order valence-electron chi connectivity index (χ4n) is 1.67. The van der Waals surface area contributed by atoms with Crippen molar-refractivity contribution < 1.29 is 0 Å². The van der Waals surface area contributed by atoms with Gasteiger partial charge >= 0.3 is 0 Å². The molecule has 2 heterocycles. The van der Waals surface area contributed by atoms with Crippen LogP contribution in [0, 0.1) is 0 Å². The molecule has 0 atom stereocenters. The lowest BCUT2D eigenvalue weighted by Gasteiger charge is -1.97. The molecule has 0 bridgehead atoms. The Labute approximate surface area is 98.9 Å². The molecule has 0 amide bonds. The van der Waals surface area contributed by atoms with Gasteiger partial charge in [0, 0.05) is 12.4 Å². The van der Waals surface area contributed by atoms with E-state index in [4.69, 9.17) is 0 Å². The Morgan fingerprint density at radius 2 is 1.88 bits per heavy atom. The first-order valence-electron chi connectivity index (χ1n) is 5.44. The van der Waals surface area contributed by atoms with E-state index in [1.807, 2.05) is 54.9 Å². The maximum absolute atomic E-state index is 4.52. The number of rotatable bonds is 2. The van der Waals surface area contributed by atoms with Crippen molar-refractivity contribution in [1.29, 1.82) is 0 Å². The van der Waals surface area contributed by atoms with Gasteiger partial charge in [0.15, 0.2) is 0 Å². The third kappa shape index (κ3) is 2.08. The van der Waals surface area contributed by atoms with Crippen molar-refractivity contribution in [2.75, 3.05) is 0 Å². The summed E-state index contributed by atoms with van der Waals surface area (Å²) in [7, 11) is 0. The van der Waals surface area contributed by atoms with E-state index in [2.05, 4.69) is 15.0 Å². The van der Waals surface area contributed by atoms with Crippen molar-refractivity contribution in [3.63, 3.8) is 0 Å². The average molecular weight is 221 g/mol. The minimum atomic E-state index is 0.866. The molecule has 3 aromatic rings. The average Bonchev–Trinajstić information content (AvgIpc) is 2.89. The first-order chi connectivity index (χ1) is 8.42. The summed E-state index contributed by atoms with van der Waals surface area (Å²) < 4.78 is 0. The molecular formula is C14H11N3. The molecule has 1 aromatic carbocycles. The van der Waals surface area contributed by atoms with Crippen LogP contribution >= 0.6 is 0 Å². The molecule has 3 rings (SSSR count). The molecule has 0 aliphatic heterocycles. The number of fused-ring (bicyclic) bond motifs is 1. The van der Waals surface area contributed by atoms with Crippen molar-refractivity contribution in [3.8, 4) is 0 Å². The van der Waals surface area contributed by atoms with Crippen LogP contribution in [0.15, 0.2) is 48.9 Å². The summed E-state index contributed by atoms with van der Waals surface area (Å²) in [4.78, 5) is 11.9. The van der Waals surface area contributed by atoms with Gasteiger partial charge in [-0.15, -0.1) is 0 Å². The molecule has 0 radical (unpaired) electrons. The van der Waals surface area contributed by atoms with Gasteiger partial charge in [0.1, 0.15) is 0 Å². The number of hydrogen-bond donors (Lipinski definition) is 1. The highest BCUT2D eigenvalue weighted by molar-refractivity contribution is 5.76. The lowest BCUT2D eigenvalue weighted by molar-refractivity contribution is 1.27. The Morgan fingerprint density at radius 3 is 2.71 bits per heavy atom. The van der Waals surface area contributed by atoms with Gasteiger partial charge in [-0.05, 0) is 29.8 Å². The van der Waals surface area contributed by atoms with Crippen LogP contribution in [0.3, 0.4) is 0 Å². The van der Waals surface area contributed by atoms with Crippen molar-refractivity contribution in [1.82, 2.24) is 15.0 Å². The number of hydrogen-bond acceptors (Lipinski definition) is 2. The van der Waals surface area contributed by atoms with Gasteiger partial charge in [0.25, 0.3) is 0 Å². The zero-order chi connectivity index (χ0) is 11.5. The Balaban J connectivity index is 1.96. The summed E-state index contributed by atoms with van der Waals surface area (Å²) in [6.45, 7) is 0. The minimum Gasteiger partial charge on any atom is -0.367 e. The molecular weight excluding hydrogens is 210 g/mol. The number of para-hydroxylation sites is 2. The number of aromatic amines is 1. The summed E-state index contributed by atoms with van der Waals surface area (Å²) in [5, 5.41) is 0. The van der Waals surface area contributed by atoms with Crippen molar-refractivity contribution in [2.24, 2.45) is 0 Å². The smallest absolute Gasteiger partial charge is 0.0894 e. The predicted molar refractivity (Wildman–Crippen MR) is 69.3 cm³/mol. The largest absolute Gasteiger partial charge is 0.367 e. The van der Waals surface area contributed by atoms with Gasteiger partial charge in [0.05, 0.1) is 22.9 Å². The maximum Gasteiger partial charge on any atom is 0.0894 e. The van der Waals surface area contributed by atoms with Crippen LogP contribution in [0.1, 0.15) is 11.3 Å². The highest BCUT2D eigenvalue weighted by Crippen LogP contribution is 2.10. The summed E-state index contributed by atoms with van der Waals surface area (Å²) in [5.41, 5.74) is 3.83. The zero-order valence-electron chi connectivity index (χ0n) is 9.17. The second-order valence-electron chi connectivity index (χ2n) is 3.76. The summed E-state index contributed by atoms with van der Waals surface area (Å²) in [6.07, 6.45) is 9.58. The first-order valence-corrected chi connectivity index (χ1v) is 5.44. The molecule has 0 unspecified atom stereocenters. The summed E-state index contributed by atoms with van der Waals surface area (Å²) >= 11 is 0. The Kier molecular flexibility index (Phi) is 2.43. The monoisotopic (exact) mass is 221 g/mol. The second-order valence-corrected chi connectivity index (χ2v) is 3.76. The van der Waals surface area contributed by atoms with E-state index in [-0.39, 0.29) is 0 Å². The predicted octanol–water partition coefficient (Wildman–Crippen LogP) is 3.13. The third-order valence-electron chi connectivity index (χ3n) is 2.54. The van der Waals surface area contributed by atoms with E-state index < -0.39 is 0 Å². The Hall–Kier alpha value is -2.42. The van der Waals surface area contributed by atoms with Crippen LogP contribution in [-0.2, 0) is 0 Å². The third-order valence-corrected chi connectivity index (χ3v) is 2.54. The number of nitrogens with zero attached hydrogens (tertiary/aromatic N) is 2. The van der Waals surface area contributed by atoms with Crippen LogP contribution in [0.5, 0.6) is 0 Å². The highest BCUT2D eigenvalue weighted by atomic mass is 14.8. The van der Waals surface area contributed by atoms with E-state index in [9.17, 15) is 0 Å². The molecule has 3 nitrogen and oxygen atoms in total. The molecule has 82 valence electrons. The zero-order valence-corrected chi connectivity index (χ0v) is 9.17. The number of H-pyrrole nitrogens is 1. The molecule has 17 heavy (non-hydrogen) atoms. The molecule has 0 saturated heterocycles. The van der Waals surface area contributed by atoms with Gasteiger partial charge in [-0.1, -0.05) is 18.2 Å². The molecule has 0 aliphatic rings. The Bertz CT molecular complexity index is 654. The van der Waals surface area contributed by atoms with E-state index in [0.29, 0.717) is 0 Å². The van der Waals surface area contributed by atoms with E-state index in [1.165, 1.54) is 0 Å². The highest BCUT2D eigenvalue weighted by Gasteiger charge is 1.95. The van der Waals surface area contributed by atoms with Gasteiger partial charge in [-0.3, -0.25) is 4.98 Å². The standard InChI is InChI=1S/C14H11N3/c1-2-4-14-13(3-1)16-10-12(17-14)6-5-11-7-8-15-9-11/h1-10,15H/b6-5+. The maximum atomic E-state index is 4.52. The topological polar surface area (TPSA) is 41.6 Å². The van der Waals surface area contributed by atoms with Crippen molar-refractivity contribution in [3.05, 3.63) is 60.2 Å². The lowest BCUT2D eigenvalue weighted by atomic mass is 10.2. The van der Waals surface area contributed by atoms with Crippen molar-refractivity contribution >= 4 is 23.2 Å². The van der Waals surface area contributed by atoms with E-state index in [0.717, 1.165) is 22.3 Å². The molecule has 3 heteroatoms. The van der Waals surface area contributed by atoms with Crippen LogP contribution in [0.25, 0.3) is 23.2 Å². The fourth-order valence-corrected chi connectivity index (χ4v) is 1.67. The summed E-state index contributed by atoms with van der Waals surface area (Å²) in [5.74, 6) is 0. The quantitative estimate of drug-likeness (QED) is 0.722. The van der Waals surface area contributed by atoms with E-state index in [1.54, 1.807) is 6.20 Å². The minimum absolute atomic E-state index is 0.866. The second kappa shape index (κ2) is 4.22. The summed E-state index contributed by atoms with van der Waals surface area (Å²) in [6, 6.07) is 9.87. The SMILES string of the molecule is C(=C\c1cnc2ccccc2n1)/c1cc[nH]c1. The van der Waals surface area contributed by atoms with Crippen LogP contribution in [0.2, 0.25) is 0 Å². The Morgan fingerprint density at radius 1 is 1.00 bits per heavy atom. The van der Waals surface area contributed by atoms with Gasteiger partial charge in [-0.2, -0.15) is 0 Å². The van der Waals surface area contributed by atoms with Gasteiger partial charge < -0.3 is 4.98 Å². The number of nitrogens with one attached hydrogen (secondary N) is 1. The van der Waals surface area contributed by atoms with Crippen LogP contribution in [0.4, 0.5) is 0 Å². The first kappa shape index (κ1) is 9.78. The lowest BCUT2D eigenvalue weighted by Crippen LogP contribution is -1.86. The fraction of sp³-hybridized carbons (Fsp3) is 0. The van der Waals surface area contributed by atoms with E-state index >= 15 is 0 Å². The molecule has 0 spiro atoms. The van der Waals surface area contributed by atoms with Crippen LogP contribution < -0.4 is 0 Å². The van der Waals surface area contributed by atoms with Crippen molar-refractivity contribution in [2.45, 2.75) is 0 Å². The molecule has 2 aromatic heterocycles.